The van der Waals surface area contributed by atoms with Crippen molar-refractivity contribution in [1.29, 1.82) is 0 Å². The number of piperidine rings is 1. The second kappa shape index (κ2) is 9.77. The van der Waals surface area contributed by atoms with Gasteiger partial charge in [0.2, 0.25) is 5.91 Å². The summed E-state index contributed by atoms with van der Waals surface area (Å²) in [6.45, 7) is 7.49. The number of rotatable bonds is 6. The number of hydrogen-bond acceptors (Lipinski definition) is 4. The lowest BCUT2D eigenvalue weighted by Gasteiger charge is -2.26. The van der Waals surface area contributed by atoms with Gasteiger partial charge in [-0.05, 0) is 74.7 Å². The van der Waals surface area contributed by atoms with Gasteiger partial charge < -0.3 is 5.32 Å². The molecule has 0 aliphatic carbocycles. The van der Waals surface area contributed by atoms with Crippen molar-refractivity contribution in [2.24, 2.45) is 0 Å². The summed E-state index contributed by atoms with van der Waals surface area (Å²) in [4.78, 5) is 19.9. The summed E-state index contributed by atoms with van der Waals surface area (Å²) in [7, 11) is 0. The fraction of sp³-hybridized carbons (Fsp3) is 0.321. The van der Waals surface area contributed by atoms with Gasteiger partial charge in [0.05, 0.1) is 5.69 Å². The quantitative estimate of drug-likeness (QED) is 0.428. The molecule has 0 atom stereocenters. The highest BCUT2D eigenvalue weighted by atomic mass is 16.2. The summed E-state index contributed by atoms with van der Waals surface area (Å²) in [5, 5.41) is 8.64. The SMILES string of the molecule is Cc1ccc(-c2ccnc3c2c(C)nn3CC(=O)Nc2ccc(CN3CCCCC3)cc2)cc1. The van der Waals surface area contributed by atoms with Gasteiger partial charge in [-0.3, -0.25) is 9.69 Å². The van der Waals surface area contributed by atoms with Crippen LogP contribution >= 0.6 is 0 Å². The molecule has 1 N–H and O–H groups in total. The van der Waals surface area contributed by atoms with Crippen molar-refractivity contribution in [2.45, 2.75) is 46.2 Å². The molecule has 2 aromatic heterocycles. The van der Waals surface area contributed by atoms with Crippen LogP contribution in [0.15, 0.2) is 60.8 Å². The van der Waals surface area contributed by atoms with Crippen LogP contribution in [0, 0.1) is 13.8 Å². The Kier molecular flexibility index (Phi) is 6.41. The van der Waals surface area contributed by atoms with E-state index in [0.717, 1.165) is 40.1 Å². The minimum Gasteiger partial charge on any atom is -0.324 e. The number of carbonyl (C=O) groups is 1. The molecule has 0 radical (unpaired) electrons. The summed E-state index contributed by atoms with van der Waals surface area (Å²) in [6.07, 6.45) is 5.71. The van der Waals surface area contributed by atoms with E-state index in [9.17, 15) is 4.79 Å². The first-order valence-corrected chi connectivity index (χ1v) is 12.1. The molecule has 5 rings (SSSR count). The maximum Gasteiger partial charge on any atom is 0.246 e. The molecule has 1 saturated heterocycles. The topological polar surface area (TPSA) is 63.1 Å². The molecule has 2 aromatic carbocycles. The van der Waals surface area contributed by atoms with Gasteiger partial charge in [0.15, 0.2) is 5.65 Å². The Labute approximate surface area is 200 Å². The standard InChI is InChI=1S/C28H31N5O/c1-20-6-10-23(11-7-20)25-14-15-29-28-27(25)21(2)31-33(28)19-26(34)30-24-12-8-22(9-13-24)18-32-16-4-3-5-17-32/h6-15H,3-5,16-19H2,1-2H3,(H,30,34). The monoisotopic (exact) mass is 453 g/mol. The molecule has 6 heteroatoms. The van der Waals surface area contributed by atoms with Crippen LogP contribution in [-0.2, 0) is 17.9 Å². The van der Waals surface area contributed by atoms with Crippen LogP contribution in [0.1, 0.15) is 36.1 Å². The summed E-state index contributed by atoms with van der Waals surface area (Å²) >= 11 is 0. The van der Waals surface area contributed by atoms with Crippen LogP contribution in [0.3, 0.4) is 0 Å². The zero-order valence-corrected chi connectivity index (χ0v) is 19.9. The van der Waals surface area contributed by atoms with E-state index in [0.29, 0.717) is 0 Å². The number of fused-ring (bicyclic) bond motifs is 1. The lowest BCUT2D eigenvalue weighted by Crippen LogP contribution is -2.29. The number of benzene rings is 2. The number of anilines is 1. The van der Waals surface area contributed by atoms with Crippen molar-refractivity contribution in [2.75, 3.05) is 18.4 Å². The first-order valence-electron chi connectivity index (χ1n) is 12.1. The van der Waals surface area contributed by atoms with E-state index in [1.807, 2.05) is 25.1 Å². The molecule has 4 aromatic rings. The highest BCUT2D eigenvalue weighted by molar-refractivity contribution is 5.96. The fourth-order valence-electron chi connectivity index (χ4n) is 4.77. The fourth-order valence-corrected chi connectivity index (χ4v) is 4.77. The number of pyridine rings is 1. The number of nitrogens with one attached hydrogen (secondary N) is 1. The zero-order chi connectivity index (χ0) is 23.5. The molecular formula is C28H31N5O. The minimum atomic E-state index is -0.115. The first-order chi connectivity index (χ1) is 16.6. The second-order valence-corrected chi connectivity index (χ2v) is 9.25. The molecule has 1 aliphatic heterocycles. The van der Waals surface area contributed by atoms with Gasteiger partial charge >= 0.3 is 0 Å². The molecular weight excluding hydrogens is 422 g/mol. The Morgan fingerprint density at radius 1 is 0.941 bits per heavy atom. The Bertz CT molecular complexity index is 1290. The molecule has 1 fully saturated rings. The van der Waals surface area contributed by atoms with Gasteiger partial charge in [-0.15, -0.1) is 0 Å². The van der Waals surface area contributed by atoms with Crippen molar-refractivity contribution in [3.63, 3.8) is 0 Å². The van der Waals surface area contributed by atoms with Crippen LogP contribution in [-0.4, -0.2) is 38.7 Å². The van der Waals surface area contributed by atoms with Gasteiger partial charge in [-0.2, -0.15) is 5.10 Å². The van der Waals surface area contributed by atoms with Crippen LogP contribution in [0.5, 0.6) is 0 Å². The first kappa shape index (κ1) is 22.3. The van der Waals surface area contributed by atoms with E-state index in [-0.39, 0.29) is 12.5 Å². The number of nitrogens with zero attached hydrogens (tertiary/aromatic N) is 4. The van der Waals surface area contributed by atoms with Crippen LogP contribution < -0.4 is 5.32 Å². The van der Waals surface area contributed by atoms with Crippen molar-refractivity contribution in [3.05, 3.63) is 77.6 Å². The largest absolute Gasteiger partial charge is 0.324 e. The molecule has 174 valence electrons. The number of likely N-dealkylation sites (tertiary alicyclic amines) is 1. The van der Waals surface area contributed by atoms with Gasteiger partial charge in [0, 0.05) is 23.8 Å². The Hall–Kier alpha value is -3.51. The van der Waals surface area contributed by atoms with E-state index in [4.69, 9.17) is 0 Å². The lowest BCUT2D eigenvalue weighted by molar-refractivity contribution is -0.116. The van der Waals surface area contributed by atoms with E-state index >= 15 is 0 Å². The predicted octanol–water partition coefficient (Wildman–Crippen LogP) is 5.34. The van der Waals surface area contributed by atoms with Gasteiger partial charge in [-0.25, -0.2) is 9.67 Å². The molecule has 0 saturated carbocycles. The van der Waals surface area contributed by atoms with Gasteiger partial charge in [0.1, 0.15) is 6.54 Å². The molecule has 0 unspecified atom stereocenters. The van der Waals surface area contributed by atoms with E-state index in [2.05, 4.69) is 63.6 Å². The van der Waals surface area contributed by atoms with E-state index in [1.165, 1.54) is 43.5 Å². The maximum atomic E-state index is 12.8. The third kappa shape index (κ3) is 4.87. The third-order valence-corrected chi connectivity index (χ3v) is 6.56. The average Bonchev–Trinajstić information content (AvgIpc) is 3.17. The van der Waals surface area contributed by atoms with Crippen molar-refractivity contribution in [3.8, 4) is 11.1 Å². The predicted molar refractivity (Wildman–Crippen MR) is 137 cm³/mol. The third-order valence-electron chi connectivity index (χ3n) is 6.56. The van der Waals surface area contributed by atoms with Gasteiger partial charge in [-0.1, -0.05) is 48.4 Å². The van der Waals surface area contributed by atoms with Crippen LogP contribution in [0.25, 0.3) is 22.2 Å². The molecule has 0 spiro atoms. The highest BCUT2D eigenvalue weighted by Crippen LogP contribution is 2.30. The summed E-state index contributed by atoms with van der Waals surface area (Å²) < 4.78 is 1.70. The smallest absolute Gasteiger partial charge is 0.246 e. The maximum absolute atomic E-state index is 12.8. The number of carbonyl (C=O) groups excluding carboxylic acids is 1. The molecule has 6 nitrogen and oxygen atoms in total. The molecule has 0 bridgehead atoms. The second-order valence-electron chi connectivity index (χ2n) is 9.25. The summed E-state index contributed by atoms with van der Waals surface area (Å²) in [5.74, 6) is -0.115. The van der Waals surface area contributed by atoms with Crippen LogP contribution in [0.4, 0.5) is 5.69 Å². The Balaban J connectivity index is 1.29. The lowest BCUT2D eigenvalue weighted by atomic mass is 10.0. The molecule has 1 aliphatic rings. The number of amides is 1. The average molecular weight is 454 g/mol. The highest BCUT2D eigenvalue weighted by Gasteiger charge is 2.16. The van der Waals surface area contributed by atoms with Crippen molar-refractivity contribution < 1.29 is 4.79 Å². The number of aryl methyl sites for hydroxylation is 2. The van der Waals surface area contributed by atoms with E-state index in [1.54, 1.807) is 10.9 Å². The zero-order valence-electron chi connectivity index (χ0n) is 19.9. The van der Waals surface area contributed by atoms with Crippen LogP contribution in [0.2, 0.25) is 0 Å². The van der Waals surface area contributed by atoms with E-state index < -0.39 is 0 Å². The molecule has 1 amide bonds. The molecule has 34 heavy (non-hydrogen) atoms. The normalized spacial score (nSPS) is 14.4. The Morgan fingerprint density at radius 2 is 1.68 bits per heavy atom. The number of aromatic nitrogens is 3. The number of hydrogen-bond donors (Lipinski definition) is 1. The minimum absolute atomic E-state index is 0.115. The van der Waals surface area contributed by atoms with Gasteiger partial charge in [0.25, 0.3) is 0 Å². The van der Waals surface area contributed by atoms with Crippen molar-refractivity contribution in [1.82, 2.24) is 19.7 Å². The summed E-state index contributed by atoms with van der Waals surface area (Å²) in [5.41, 5.74) is 7.09. The Morgan fingerprint density at radius 3 is 2.41 bits per heavy atom. The molecule has 3 heterocycles. The summed E-state index contributed by atoms with van der Waals surface area (Å²) in [6, 6.07) is 18.6. The van der Waals surface area contributed by atoms with Crippen molar-refractivity contribution >= 4 is 22.6 Å².